The van der Waals surface area contributed by atoms with Gasteiger partial charge in [-0.1, -0.05) is 6.07 Å². The van der Waals surface area contributed by atoms with Crippen LogP contribution in [-0.4, -0.2) is 12.1 Å². The van der Waals surface area contributed by atoms with Crippen molar-refractivity contribution in [2.45, 2.75) is 6.61 Å². The molecule has 10 heavy (non-hydrogen) atoms. The Hall–Kier alpha value is -0.960. The highest BCUT2D eigenvalue weighted by molar-refractivity contribution is 5.07. The van der Waals surface area contributed by atoms with Gasteiger partial charge >= 0.3 is 0 Å². The number of ether oxygens (including phenoxy) is 1. The summed E-state index contributed by atoms with van der Waals surface area (Å²) in [6.07, 6.45) is 1.46. The van der Waals surface area contributed by atoms with E-state index in [0.29, 0.717) is 6.61 Å². The number of pyridine rings is 1. The molecule has 0 fully saturated rings. The standard InChI is InChI=1S/C7H8FNO/c1-10-5-6-2-3-7(8)9-4-6/h2-4H,5H2,1H3. The zero-order valence-corrected chi connectivity index (χ0v) is 5.67. The Balaban J connectivity index is 2.69. The van der Waals surface area contributed by atoms with E-state index in [2.05, 4.69) is 4.98 Å². The van der Waals surface area contributed by atoms with E-state index in [4.69, 9.17) is 4.74 Å². The maximum absolute atomic E-state index is 12.2. The normalized spacial score (nSPS) is 9.80. The van der Waals surface area contributed by atoms with Crippen molar-refractivity contribution in [3.63, 3.8) is 0 Å². The van der Waals surface area contributed by atoms with Crippen molar-refractivity contribution in [2.75, 3.05) is 7.11 Å². The first-order chi connectivity index (χ1) is 4.83. The molecule has 1 aromatic rings. The monoisotopic (exact) mass is 141 g/mol. The van der Waals surface area contributed by atoms with E-state index in [1.54, 1.807) is 13.2 Å². The van der Waals surface area contributed by atoms with Crippen LogP contribution in [0.4, 0.5) is 4.39 Å². The van der Waals surface area contributed by atoms with Crippen molar-refractivity contribution in [1.29, 1.82) is 0 Å². The highest BCUT2D eigenvalue weighted by Crippen LogP contribution is 1.99. The minimum Gasteiger partial charge on any atom is -0.380 e. The van der Waals surface area contributed by atoms with Crippen LogP contribution in [0, 0.1) is 5.95 Å². The Morgan fingerprint density at radius 1 is 1.60 bits per heavy atom. The van der Waals surface area contributed by atoms with Crippen molar-refractivity contribution < 1.29 is 9.13 Å². The molecule has 0 saturated heterocycles. The third-order valence-corrected chi connectivity index (χ3v) is 1.10. The van der Waals surface area contributed by atoms with Crippen LogP contribution in [0.1, 0.15) is 5.56 Å². The number of halogens is 1. The summed E-state index contributed by atoms with van der Waals surface area (Å²) >= 11 is 0. The fraction of sp³-hybridized carbons (Fsp3) is 0.286. The summed E-state index contributed by atoms with van der Waals surface area (Å²) in [6, 6.07) is 2.96. The molecule has 0 aromatic carbocycles. The molecule has 0 N–H and O–H groups in total. The second kappa shape index (κ2) is 3.27. The van der Waals surface area contributed by atoms with Gasteiger partial charge in [0.25, 0.3) is 0 Å². The SMILES string of the molecule is COCc1ccc(F)nc1. The first kappa shape index (κ1) is 7.15. The van der Waals surface area contributed by atoms with Gasteiger partial charge in [0.1, 0.15) is 0 Å². The number of rotatable bonds is 2. The van der Waals surface area contributed by atoms with Gasteiger partial charge in [-0.2, -0.15) is 4.39 Å². The van der Waals surface area contributed by atoms with Crippen molar-refractivity contribution in [1.82, 2.24) is 4.98 Å². The molecule has 1 rings (SSSR count). The van der Waals surface area contributed by atoms with E-state index in [0.717, 1.165) is 5.56 Å². The van der Waals surface area contributed by atoms with Crippen LogP contribution < -0.4 is 0 Å². The number of hydrogen-bond acceptors (Lipinski definition) is 2. The number of methoxy groups -OCH3 is 1. The quantitative estimate of drug-likeness (QED) is 0.580. The molecule has 0 atom stereocenters. The summed E-state index contributed by atoms with van der Waals surface area (Å²) < 4.78 is 17.0. The number of aromatic nitrogens is 1. The lowest BCUT2D eigenvalue weighted by atomic mass is 10.3. The van der Waals surface area contributed by atoms with Crippen LogP contribution in [0.5, 0.6) is 0 Å². The Morgan fingerprint density at radius 2 is 2.40 bits per heavy atom. The molecule has 0 amide bonds. The van der Waals surface area contributed by atoms with Gasteiger partial charge in [-0.3, -0.25) is 0 Å². The van der Waals surface area contributed by atoms with Gasteiger partial charge in [0.15, 0.2) is 0 Å². The lowest BCUT2D eigenvalue weighted by Gasteiger charge is -1.95. The van der Waals surface area contributed by atoms with E-state index >= 15 is 0 Å². The molecule has 1 heterocycles. The zero-order chi connectivity index (χ0) is 7.40. The fourth-order valence-electron chi connectivity index (χ4n) is 0.658. The summed E-state index contributed by atoms with van der Waals surface area (Å²) in [6.45, 7) is 0.479. The van der Waals surface area contributed by atoms with Gasteiger partial charge in [-0.25, -0.2) is 4.98 Å². The Kier molecular flexibility index (Phi) is 2.34. The number of nitrogens with zero attached hydrogens (tertiary/aromatic N) is 1. The van der Waals surface area contributed by atoms with Gasteiger partial charge in [0, 0.05) is 13.3 Å². The van der Waals surface area contributed by atoms with Gasteiger partial charge in [0.05, 0.1) is 6.61 Å². The third kappa shape index (κ3) is 1.77. The first-order valence-corrected chi connectivity index (χ1v) is 2.92. The summed E-state index contributed by atoms with van der Waals surface area (Å²) in [5.41, 5.74) is 0.879. The van der Waals surface area contributed by atoms with E-state index < -0.39 is 5.95 Å². The van der Waals surface area contributed by atoms with Crippen molar-refractivity contribution in [3.8, 4) is 0 Å². The second-order valence-corrected chi connectivity index (χ2v) is 1.92. The zero-order valence-electron chi connectivity index (χ0n) is 5.67. The molecule has 3 heteroatoms. The van der Waals surface area contributed by atoms with Crippen LogP contribution in [-0.2, 0) is 11.3 Å². The van der Waals surface area contributed by atoms with Gasteiger partial charge in [-0.15, -0.1) is 0 Å². The molecular formula is C7H8FNO. The fourth-order valence-corrected chi connectivity index (χ4v) is 0.658. The van der Waals surface area contributed by atoms with Crippen molar-refractivity contribution in [2.24, 2.45) is 0 Å². The van der Waals surface area contributed by atoms with E-state index in [1.165, 1.54) is 12.3 Å². The van der Waals surface area contributed by atoms with Crippen LogP contribution in [0.2, 0.25) is 0 Å². The predicted molar refractivity (Wildman–Crippen MR) is 34.9 cm³/mol. The number of hydrogen-bond donors (Lipinski definition) is 0. The third-order valence-electron chi connectivity index (χ3n) is 1.10. The molecule has 0 spiro atoms. The Morgan fingerprint density at radius 3 is 2.90 bits per heavy atom. The highest BCUT2D eigenvalue weighted by atomic mass is 19.1. The Bertz CT molecular complexity index is 197. The van der Waals surface area contributed by atoms with Gasteiger partial charge in [0.2, 0.25) is 5.95 Å². The summed E-state index contributed by atoms with van der Waals surface area (Å²) in [5.74, 6) is -0.458. The molecular weight excluding hydrogens is 133 g/mol. The van der Waals surface area contributed by atoms with Crippen LogP contribution in [0.25, 0.3) is 0 Å². The summed E-state index contributed by atoms with van der Waals surface area (Å²) in [5, 5.41) is 0. The predicted octanol–water partition coefficient (Wildman–Crippen LogP) is 1.37. The summed E-state index contributed by atoms with van der Waals surface area (Å²) in [7, 11) is 1.59. The average molecular weight is 141 g/mol. The molecule has 2 nitrogen and oxygen atoms in total. The summed E-state index contributed by atoms with van der Waals surface area (Å²) in [4.78, 5) is 3.45. The van der Waals surface area contributed by atoms with Gasteiger partial charge < -0.3 is 4.74 Å². The maximum atomic E-state index is 12.2. The first-order valence-electron chi connectivity index (χ1n) is 2.92. The molecule has 0 radical (unpaired) electrons. The molecule has 0 bridgehead atoms. The Labute approximate surface area is 58.7 Å². The molecule has 0 aliphatic rings. The van der Waals surface area contributed by atoms with Crippen LogP contribution in [0.3, 0.4) is 0 Å². The van der Waals surface area contributed by atoms with Crippen LogP contribution >= 0.6 is 0 Å². The lowest BCUT2D eigenvalue weighted by molar-refractivity contribution is 0.184. The largest absolute Gasteiger partial charge is 0.380 e. The van der Waals surface area contributed by atoms with E-state index in [9.17, 15) is 4.39 Å². The molecule has 1 aromatic heterocycles. The average Bonchev–Trinajstić information content (AvgIpc) is 1.95. The van der Waals surface area contributed by atoms with Crippen molar-refractivity contribution in [3.05, 3.63) is 29.8 Å². The minimum absolute atomic E-state index is 0.458. The molecule has 0 unspecified atom stereocenters. The van der Waals surface area contributed by atoms with E-state index in [1.807, 2.05) is 0 Å². The molecule has 0 aliphatic heterocycles. The van der Waals surface area contributed by atoms with Crippen LogP contribution in [0.15, 0.2) is 18.3 Å². The smallest absolute Gasteiger partial charge is 0.212 e. The highest BCUT2D eigenvalue weighted by Gasteiger charge is 1.91. The van der Waals surface area contributed by atoms with Crippen molar-refractivity contribution >= 4 is 0 Å². The topological polar surface area (TPSA) is 22.1 Å². The molecule has 54 valence electrons. The molecule has 0 saturated carbocycles. The van der Waals surface area contributed by atoms with E-state index in [-0.39, 0.29) is 0 Å². The second-order valence-electron chi connectivity index (χ2n) is 1.92. The molecule has 0 aliphatic carbocycles. The minimum atomic E-state index is -0.458. The van der Waals surface area contributed by atoms with Gasteiger partial charge in [-0.05, 0) is 11.6 Å². The maximum Gasteiger partial charge on any atom is 0.212 e. The lowest BCUT2D eigenvalue weighted by Crippen LogP contribution is -1.89.